The molecule has 1 N–H and O–H groups in total. The quantitative estimate of drug-likeness (QED) is 0.638. The van der Waals surface area contributed by atoms with Gasteiger partial charge in [-0.3, -0.25) is 14.5 Å². The summed E-state index contributed by atoms with van der Waals surface area (Å²) in [5.74, 6) is 1.26. The third kappa shape index (κ3) is 4.00. The number of rotatable bonds is 6. The maximum absolute atomic E-state index is 12.4. The molecule has 1 aliphatic heterocycles. The van der Waals surface area contributed by atoms with Crippen molar-refractivity contribution >= 4 is 12.0 Å². The van der Waals surface area contributed by atoms with E-state index in [0.717, 1.165) is 17.8 Å². The number of carbonyl (C=O) groups is 2. The zero-order chi connectivity index (χ0) is 21.1. The van der Waals surface area contributed by atoms with Crippen LogP contribution in [0.3, 0.4) is 0 Å². The Morgan fingerprint density at radius 1 is 1.17 bits per heavy atom. The van der Waals surface area contributed by atoms with Gasteiger partial charge in [0.15, 0.2) is 5.82 Å². The van der Waals surface area contributed by atoms with Crippen molar-refractivity contribution in [2.24, 2.45) is 14.1 Å². The van der Waals surface area contributed by atoms with Crippen LogP contribution >= 0.6 is 0 Å². The maximum Gasteiger partial charge on any atom is 0.413 e. The van der Waals surface area contributed by atoms with Gasteiger partial charge in [-0.1, -0.05) is 0 Å². The molecule has 0 atom stereocenters. The Hall–Kier alpha value is -3.76. The highest BCUT2D eigenvalue weighted by molar-refractivity contribution is 5.97. The molecule has 0 aliphatic carbocycles. The zero-order valence-electron chi connectivity index (χ0n) is 16.8. The van der Waals surface area contributed by atoms with Crippen LogP contribution in [0.2, 0.25) is 0 Å². The summed E-state index contributed by atoms with van der Waals surface area (Å²) >= 11 is 0. The standard InChI is InChI=1S/C19H22N8O3/c1-25-15(23-16(24-25)13-4-7-20-8-5-13)6-9-21-19(29)30-18-14(12-22-26(18)2)17(28)27-10-3-11-27/h4-5,7-8,12H,3,6,9-11H2,1-2H3,(H,21,29). The summed E-state index contributed by atoms with van der Waals surface area (Å²) in [6.45, 7) is 1.71. The third-order valence-corrected chi connectivity index (χ3v) is 4.86. The smallest absolute Gasteiger partial charge is 0.391 e. The molecule has 4 rings (SSSR count). The molecule has 0 bridgehead atoms. The number of amides is 2. The third-order valence-electron chi connectivity index (χ3n) is 4.86. The average molecular weight is 410 g/mol. The predicted molar refractivity (Wildman–Crippen MR) is 106 cm³/mol. The van der Waals surface area contributed by atoms with E-state index >= 15 is 0 Å². The van der Waals surface area contributed by atoms with Crippen LogP contribution in [0.5, 0.6) is 5.88 Å². The molecular formula is C19H22N8O3. The van der Waals surface area contributed by atoms with Crippen LogP contribution in [-0.2, 0) is 20.5 Å². The van der Waals surface area contributed by atoms with Crippen LogP contribution in [0.25, 0.3) is 11.4 Å². The van der Waals surface area contributed by atoms with Crippen LogP contribution in [0, 0.1) is 0 Å². The minimum atomic E-state index is -0.659. The van der Waals surface area contributed by atoms with Crippen molar-refractivity contribution in [2.45, 2.75) is 12.8 Å². The molecule has 0 aromatic carbocycles. The highest BCUT2D eigenvalue weighted by Gasteiger charge is 2.27. The van der Waals surface area contributed by atoms with Crippen molar-refractivity contribution in [1.29, 1.82) is 0 Å². The molecule has 1 saturated heterocycles. The Morgan fingerprint density at radius 3 is 2.63 bits per heavy atom. The van der Waals surface area contributed by atoms with Crippen LogP contribution in [0.4, 0.5) is 4.79 Å². The molecule has 2 amide bonds. The lowest BCUT2D eigenvalue weighted by atomic mass is 10.2. The van der Waals surface area contributed by atoms with E-state index in [0.29, 0.717) is 31.9 Å². The summed E-state index contributed by atoms with van der Waals surface area (Å²) in [5.41, 5.74) is 1.15. The number of pyridine rings is 1. The van der Waals surface area contributed by atoms with E-state index < -0.39 is 6.09 Å². The average Bonchev–Trinajstić information content (AvgIpc) is 3.24. The van der Waals surface area contributed by atoms with Crippen molar-refractivity contribution in [1.82, 2.24) is 39.7 Å². The molecule has 156 valence electrons. The highest BCUT2D eigenvalue weighted by Crippen LogP contribution is 2.22. The molecule has 1 fully saturated rings. The molecule has 11 nitrogen and oxygen atoms in total. The Balaban J connectivity index is 1.34. The van der Waals surface area contributed by atoms with Crippen LogP contribution in [-0.4, -0.2) is 66.1 Å². The SMILES string of the molecule is Cn1nc(-c2ccncc2)nc1CCNC(=O)Oc1c(C(=O)N2CCC2)cnn1C. The van der Waals surface area contributed by atoms with Gasteiger partial charge < -0.3 is 15.0 Å². The largest absolute Gasteiger partial charge is 0.413 e. The lowest BCUT2D eigenvalue weighted by molar-refractivity contribution is 0.0648. The molecule has 1 aliphatic rings. The molecule has 0 radical (unpaired) electrons. The van der Waals surface area contributed by atoms with Gasteiger partial charge in [0.1, 0.15) is 11.4 Å². The van der Waals surface area contributed by atoms with Crippen LogP contribution in [0.15, 0.2) is 30.7 Å². The van der Waals surface area contributed by atoms with Gasteiger partial charge in [0.25, 0.3) is 5.91 Å². The lowest BCUT2D eigenvalue weighted by Crippen LogP contribution is -2.42. The molecule has 11 heteroatoms. The minimum Gasteiger partial charge on any atom is -0.391 e. The molecule has 3 aromatic rings. The van der Waals surface area contributed by atoms with Crippen LogP contribution < -0.4 is 10.1 Å². The number of hydrogen-bond donors (Lipinski definition) is 1. The van der Waals surface area contributed by atoms with Crippen molar-refractivity contribution in [2.75, 3.05) is 19.6 Å². The Bertz CT molecular complexity index is 1060. The first-order valence-electron chi connectivity index (χ1n) is 9.60. The first-order valence-corrected chi connectivity index (χ1v) is 9.60. The van der Waals surface area contributed by atoms with E-state index in [1.54, 1.807) is 36.1 Å². The number of carbonyl (C=O) groups excluding carboxylic acids is 2. The molecule has 0 unspecified atom stereocenters. The van der Waals surface area contributed by atoms with Gasteiger partial charge in [-0.05, 0) is 18.6 Å². The van der Waals surface area contributed by atoms with Crippen LogP contribution in [0.1, 0.15) is 22.6 Å². The van der Waals surface area contributed by atoms with Crippen molar-refractivity contribution in [3.05, 3.63) is 42.1 Å². The fourth-order valence-corrected chi connectivity index (χ4v) is 3.04. The van der Waals surface area contributed by atoms with Gasteiger partial charge in [0, 0.05) is 58.1 Å². The summed E-state index contributed by atoms with van der Waals surface area (Å²) < 4.78 is 8.40. The number of aryl methyl sites for hydroxylation is 2. The van der Waals surface area contributed by atoms with Crippen molar-refractivity contribution in [3.8, 4) is 17.3 Å². The lowest BCUT2D eigenvalue weighted by Gasteiger charge is -2.30. The predicted octanol–water partition coefficient (Wildman–Crippen LogP) is 0.788. The number of nitrogens with zero attached hydrogens (tertiary/aromatic N) is 7. The monoisotopic (exact) mass is 410 g/mol. The minimum absolute atomic E-state index is 0.128. The van der Waals surface area contributed by atoms with E-state index in [9.17, 15) is 9.59 Å². The van der Waals surface area contributed by atoms with E-state index in [2.05, 4.69) is 25.5 Å². The molecule has 3 aromatic heterocycles. The molecular weight excluding hydrogens is 388 g/mol. The second-order valence-electron chi connectivity index (χ2n) is 6.91. The topological polar surface area (TPSA) is 120 Å². The molecule has 0 spiro atoms. The van der Waals surface area contributed by atoms with E-state index in [4.69, 9.17) is 4.74 Å². The molecule has 30 heavy (non-hydrogen) atoms. The zero-order valence-corrected chi connectivity index (χ0v) is 16.8. The fourth-order valence-electron chi connectivity index (χ4n) is 3.04. The number of hydrogen-bond acceptors (Lipinski definition) is 7. The van der Waals surface area contributed by atoms with Crippen molar-refractivity contribution < 1.29 is 14.3 Å². The first kappa shape index (κ1) is 19.6. The number of aromatic nitrogens is 6. The Labute approximate surface area is 172 Å². The van der Waals surface area contributed by atoms with Gasteiger partial charge in [0.2, 0.25) is 5.88 Å². The normalized spacial score (nSPS) is 13.1. The first-order chi connectivity index (χ1) is 14.5. The number of likely N-dealkylation sites (tertiary alicyclic amines) is 1. The summed E-state index contributed by atoms with van der Waals surface area (Å²) in [6, 6.07) is 3.67. The van der Waals surface area contributed by atoms with Gasteiger partial charge in [-0.15, -0.1) is 0 Å². The summed E-state index contributed by atoms with van der Waals surface area (Å²) in [6.07, 6.45) is 5.57. The summed E-state index contributed by atoms with van der Waals surface area (Å²) in [7, 11) is 3.42. The van der Waals surface area contributed by atoms with E-state index in [1.165, 1.54) is 10.9 Å². The summed E-state index contributed by atoms with van der Waals surface area (Å²) in [4.78, 5) is 34.9. The number of ether oxygens (including phenoxy) is 1. The highest BCUT2D eigenvalue weighted by atomic mass is 16.6. The second-order valence-corrected chi connectivity index (χ2v) is 6.91. The Kier molecular flexibility index (Phi) is 5.42. The Morgan fingerprint density at radius 2 is 1.93 bits per heavy atom. The van der Waals surface area contributed by atoms with Gasteiger partial charge in [-0.25, -0.2) is 14.5 Å². The van der Waals surface area contributed by atoms with Crippen molar-refractivity contribution in [3.63, 3.8) is 0 Å². The number of nitrogens with one attached hydrogen (secondary N) is 1. The maximum atomic E-state index is 12.4. The fraction of sp³-hybridized carbons (Fsp3) is 0.368. The van der Waals surface area contributed by atoms with E-state index in [1.807, 2.05) is 12.1 Å². The molecule has 0 saturated carbocycles. The second kappa shape index (κ2) is 8.31. The van der Waals surface area contributed by atoms with Gasteiger partial charge in [0.05, 0.1) is 6.20 Å². The summed E-state index contributed by atoms with van der Waals surface area (Å²) in [5, 5.41) is 11.1. The van der Waals surface area contributed by atoms with E-state index in [-0.39, 0.29) is 17.4 Å². The van der Waals surface area contributed by atoms with Gasteiger partial charge in [-0.2, -0.15) is 10.2 Å². The molecule has 4 heterocycles. The van der Waals surface area contributed by atoms with Gasteiger partial charge >= 0.3 is 6.09 Å².